The van der Waals surface area contributed by atoms with Gasteiger partial charge in [-0.25, -0.2) is 13.2 Å². The van der Waals surface area contributed by atoms with Crippen molar-refractivity contribution in [3.63, 3.8) is 0 Å². The van der Waals surface area contributed by atoms with Crippen LogP contribution in [-0.4, -0.2) is 82.0 Å². The van der Waals surface area contributed by atoms with E-state index in [1.165, 1.54) is 6.07 Å². The van der Waals surface area contributed by atoms with E-state index in [-0.39, 0.29) is 12.3 Å². The van der Waals surface area contributed by atoms with Gasteiger partial charge < -0.3 is 14.6 Å². The third kappa shape index (κ3) is 7.90. The Morgan fingerprint density at radius 1 is 1.24 bits per heavy atom. The van der Waals surface area contributed by atoms with Gasteiger partial charge >= 0.3 is 5.97 Å². The van der Waals surface area contributed by atoms with Gasteiger partial charge in [-0.1, -0.05) is 0 Å². The highest BCUT2D eigenvalue weighted by Gasteiger charge is 2.22. The molecule has 1 aliphatic carbocycles. The monoisotopic (exact) mass is 428 g/mol. The first-order chi connectivity index (χ1) is 14.0. The van der Waals surface area contributed by atoms with Gasteiger partial charge in [-0.3, -0.25) is 14.0 Å². The Balaban J connectivity index is 1.66. The quantitative estimate of drug-likeness (QED) is 0.369. The van der Waals surface area contributed by atoms with E-state index < -0.39 is 17.0 Å². The molecule has 0 aromatic heterocycles. The average molecular weight is 429 g/mol. The summed E-state index contributed by atoms with van der Waals surface area (Å²) >= 11 is 0. The minimum Gasteiger partial charge on any atom is -0.493 e. The van der Waals surface area contributed by atoms with Crippen molar-refractivity contribution in [3.05, 3.63) is 29.3 Å². The smallest absolute Gasteiger partial charge is 0.335 e. The first kappa shape index (κ1) is 22.0. The van der Waals surface area contributed by atoms with Crippen LogP contribution in [0, 0.1) is 5.92 Å². The number of benzene rings is 1. The van der Waals surface area contributed by atoms with E-state index in [1.807, 2.05) is 11.0 Å². The summed E-state index contributed by atoms with van der Waals surface area (Å²) in [6.07, 6.45) is 2.29. The largest absolute Gasteiger partial charge is 0.493 e. The van der Waals surface area contributed by atoms with E-state index in [1.54, 1.807) is 6.07 Å². The van der Waals surface area contributed by atoms with Crippen molar-refractivity contribution in [3.8, 4) is 5.75 Å². The molecule has 9 nitrogen and oxygen atoms in total. The van der Waals surface area contributed by atoms with Crippen molar-refractivity contribution in [1.82, 2.24) is 9.80 Å². The number of hydrogen-bond donors (Lipinski definition) is 2. The van der Waals surface area contributed by atoms with Crippen LogP contribution in [0.5, 0.6) is 5.75 Å². The van der Waals surface area contributed by atoms with E-state index in [9.17, 15) is 18.3 Å². The van der Waals surface area contributed by atoms with Crippen molar-refractivity contribution in [2.24, 2.45) is 5.92 Å². The van der Waals surface area contributed by atoms with Crippen LogP contribution in [-0.2, 0) is 26.4 Å². The zero-order valence-corrected chi connectivity index (χ0v) is 17.2. The Kier molecular flexibility index (Phi) is 8.25. The number of thiol groups is 1. The highest BCUT2D eigenvalue weighted by atomic mass is 32.2. The summed E-state index contributed by atoms with van der Waals surface area (Å²) < 4.78 is 37.7. The summed E-state index contributed by atoms with van der Waals surface area (Å²) in [4.78, 5) is 15.6. The van der Waals surface area contributed by atoms with Gasteiger partial charge in [-0.15, -0.1) is 0 Å². The number of aromatic carboxylic acids is 1. The Bertz CT molecular complexity index is 753. The maximum Gasteiger partial charge on any atom is 0.335 e. The predicted molar refractivity (Wildman–Crippen MR) is 106 cm³/mol. The Morgan fingerprint density at radius 2 is 2.00 bits per heavy atom. The second kappa shape index (κ2) is 10.9. The van der Waals surface area contributed by atoms with Gasteiger partial charge in [0.05, 0.1) is 25.4 Å². The van der Waals surface area contributed by atoms with Crippen molar-refractivity contribution in [2.75, 3.05) is 52.7 Å². The number of carboxylic acids is 1. The standard InChI is InChI=1S/C19H28N2O7S/c22-19(23)17-9-16(10-18(11-17)27-13-15-1-2-15)12-21(14-28-29(24)25)4-3-20-5-7-26-8-6-20/h9-11,15,29H,1-8,12-14H2,(H,22,23). The highest BCUT2D eigenvalue weighted by molar-refractivity contribution is 7.67. The van der Waals surface area contributed by atoms with Crippen molar-refractivity contribution in [2.45, 2.75) is 19.4 Å². The Labute approximate surface area is 172 Å². The molecule has 0 amide bonds. The van der Waals surface area contributed by atoms with Crippen LogP contribution in [0.4, 0.5) is 0 Å². The molecular weight excluding hydrogens is 400 g/mol. The molecule has 3 rings (SSSR count). The fraction of sp³-hybridized carbons (Fsp3) is 0.632. The van der Waals surface area contributed by atoms with Crippen molar-refractivity contribution in [1.29, 1.82) is 0 Å². The number of carboxylic acid groups (broad SMARTS) is 1. The number of rotatable bonds is 12. The van der Waals surface area contributed by atoms with Crippen LogP contribution >= 0.6 is 0 Å². The molecule has 0 spiro atoms. The minimum atomic E-state index is -2.96. The second-order valence-corrected chi connectivity index (χ2v) is 8.12. The molecule has 2 fully saturated rings. The predicted octanol–water partition coefficient (Wildman–Crippen LogP) is 0.808. The summed E-state index contributed by atoms with van der Waals surface area (Å²) in [7, 11) is -2.96. The summed E-state index contributed by atoms with van der Waals surface area (Å²) in [6, 6.07) is 4.93. The van der Waals surface area contributed by atoms with E-state index in [0.29, 0.717) is 44.6 Å². The van der Waals surface area contributed by atoms with E-state index in [4.69, 9.17) is 13.7 Å². The van der Waals surface area contributed by atoms with Gasteiger partial charge in [0.1, 0.15) is 12.5 Å². The molecule has 1 N–H and O–H groups in total. The van der Waals surface area contributed by atoms with Crippen LogP contribution in [0.2, 0.25) is 0 Å². The molecule has 1 heterocycles. The third-order valence-corrected chi connectivity index (χ3v) is 5.31. The first-order valence-electron chi connectivity index (χ1n) is 9.79. The van der Waals surface area contributed by atoms with E-state index in [2.05, 4.69) is 4.90 Å². The van der Waals surface area contributed by atoms with Crippen molar-refractivity contribution < 1.29 is 32.0 Å². The number of ether oxygens (including phenoxy) is 2. The van der Waals surface area contributed by atoms with Gasteiger partial charge in [0.25, 0.3) is 11.0 Å². The van der Waals surface area contributed by atoms with Crippen LogP contribution in [0.25, 0.3) is 0 Å². The summed E-state index contributed by atoms with van der Waals surface area (Å²) in [6.45, 7) is 5.22. The topological polar surface area (TPSA) is 106 Å². The second-order valence-electron chi connectivity index (χ2n) is 7.41. The Hall–Kier alpha value is -1.72. The van der Waals surface area contributed by atoms with Gasteiger partial charge in [0.2, 0.25) is 0 Å². The summed E-state index contributed by atoms with van der Waals surface area (Å²) in [5, 5.41) is 9.41. The van der Waals surface area contributed by atoms with E-state index in [0.717, 1.165) is 38.0 Å². The fourth-order valence-corrected chi connectivity index (χ4v) is 3.40. The molecule has 2 aliphatic rings. The molecule has 0 bridgehead atoms. The van der Waals surface area contributed by atoms with Crippen molar-refractivity contribution >= 4 is 17.0 Å². The molecule has 29 heavy (non-hydrogen) atoms. The van der Waals surface area contributed by atoms with Gasteiger partial charge in [-0.05, 0) is 42.5 Å². The minimum absolute atomic E-state index is 0.0847. The lowest BCUT2D eigenvalue weighted by Gasteiger charge is -2.29. The Morgan fingerprint density at radius 3 is 2.66 bits per heavy atom. The van der Waals surface area contributed by atoms with Crippen LogP contribution in [0.1, 0.15) is 28.8 Å². The number of morpholine rings is 1. The van der Waals surface area contributed by atoms with Gasteiger partial charge in [0, 0.05) is 32.7 Å². The molecule has 1 aromatic carbocycles. The average Bonchev–Trinajstić information content (AvgIpc) is 3.53. The summed E-state index contributed by atoms with van der Waals surface area (Å²) in [5.74, 6) is 0.0522. The number of carbonyl (C=O) groups is 1. The molecule has 10 heteroatoms. The molecule has 0 atom stereocenters. The molecular formula is C19H28N2O7S. The molecule has 0 unspecified atom stereocenters. The maximum absolute atomic E-state index is 11.5. The van der Waals surface area contributed by atoms with Gasteiger partial charge in [0.15, 0.2) is 0 Å². The lowest BCUT2D eigenvalue weighted by molar-refractivity contribution is 0.0278. The zero-order chi connectivity index (χ0) is 20.6. The number of nitrogens with zero attached hydrogens (tertiary/aromatic N) is 2. The molecule has 1 saturated carbocycles. The molecule has 162 valence electrons. The maximum atomic E-state index is 11.5. The SMILES string of the molecule is O=C(O)c1cc(CN(CCN2CCOCC2)CO[SH](=O)=O)cc(OCC2CC2)c1. The van der Waals surface area contributed by atoms with E-state index >= 15 is 0 Å². The first-order valence-corrected chi connectivity index (χ1v) is 10.9. The van der Waals surface area contributed by atoms with Gasteiger partial charge in [-0.2, -0.15) is 0 Å². The molecule has 0 radical (unpaired) electrons. The zero-order valence-electron chi connectivity index (χ0n) is 16.3. The molecule has 1 aliphatic heterocycles. The normalized spacial score (nSPS) is 17.7. The lowest BCUT2D eigenvalue weighted by Crippen LogP contribution is -2.41. The van der Waals surface area contributed by atoms with Crippen LogP contribution in [0.3, 0.4) is 0 Å². The number of hydrogen-bond acceptors (Lipinski definition) is 8. The lowest BCUT2D eigenvalue weighted by atomic mass is 10.1. The van der Waals surface area contributed by atoms with Crippen LogP contribution in [0.15, 0.2) is 18.2 Å². The van der Waals surface area contributed by atoms with Crippen LogP contribution < -0.4 is 4.74 Å². The molecule has 1 saturated heterocycles. The summed E-state index contributed by atoms with van der Waals surface area (Å²) in [5.41, 5.74) is 0.889. The highest BCUT2D eigenvalue weighted by Crippen LogP contribution is 2.30. The fourth-order valence-electron chi connectivity index (χ4n) is 3.14. The molecule has 1 aromatic rings. The third-order valence-electron chi connectivity index (χ3n) is 4.98.